The Labute approximate surface area is 178 Å². The molecular formula is C24H31N5O. The number of hydrogen-bond acceptors (Lipinski definition) is 6. The van der Waals surface area contributed by atoms with E-state index in [0.717, 1.165) is 60.7 Å². The molecule has 6 nitrogen and oxygen atoms in total. The third-order valence-electron chi connectivity index (χ3n) is 5.67. The van der Waals surface area contributed by atoms with Gasteiger partial charge in [0.25, 0.3) is 0 Å². The lowest BCUT2D eigenvalue weighted by Gasteiger charge is -2.30. The molecule has 158 valence electrons. The minimum Gasteiger partial charge on any atom is -0.465 e. The van der Waals surface area contributed by atoms with Gasteiger partial charge < -0.3 is 20.0 Å². The van der Waals surface area contributed by atoms with Crippen molar-refractivity contribution in [3.8, 4) is 0 Å². The van der Waals surface area contributed by atoms with Crippen molar-refractivity contribution >= 4 is 28.7 Å². The molecule has 30 heavy (non-hydrogen) atoms. The Hall–Kier alpha value is -2.86. The van der Waals surface area contributed by atoms with E-state index in [1.54, 1.807) is 6.26 Å². The number of rotatable bonds is 7. The van der Waals surface area contributed by atoms with E-state index in [-0.39, 0.29) is 0 Å². The highest BCUT2D eigenvalue weighted by molar-refractivity contribution is 5.90. The van der Waals surface area contributed by atoms with Crippen molar-refractivity contribution in [3.05, 3.63) is 54.0 Å². The fraction of sp³-hybridized carbons (Fsp3) is 0.417. The quantitative estimate of drug-likeness (QED) is 0.594. The zero-order chi connectivity index (χ0) is 20.9. The van der Waals surface area contributed by atoms with Gasteiger partial charge in [0, 0.05) is 38.1 Å². The molecule has 0 atom stereocenters. The molecule has 0 unspecified atom stereocenters. The van der Waals surface area contributed by atoms with Crippen LogP contribution in [0, 0.1) is 0 Å². The molecule has 3 aromatic rings. The molecule has 1 saturated carbocycles. The fourth-order valence-electron chi connectivity index (χ4n) is 4.06. The number of aromatic nitrogens is 2. The molecule has 6 heteroatoms. The zero-order valence-corrected chi connectivity index (χ0v) is 18.1. The van der Waals surface area contributed by atoms with Crippen molar-refractivity contribution in [2.45, 2.75) is 44.7 Å². The number of furan rings is 1. The maximum absolute atomic E-state index is 5.39. The van der Waals surface area contributed by atoms with E-state index in [4.69, 9.17) is 14.4 Å². The second-order valence-corrected chi connectivity index (χ2v) is 8.36. The van der Waals surface area contributed by atoms with Gasteiger partial charge >= 0.3 is 0 Å². The second kappa shape index (κ2) is 9.30. The Kier molecular flexibility index (Phi) is 6.33. The van der Waals surface area contributed by atoms with Crippen LogP contribution in [0.5, 0.6) is 0 Å². The molecule has 2 heterocycles. The molecule has 0 bridgehead atoms. The number of fused-ring (bicyclic) bond motifs is 1. The summed E-state index contributed by atoms with van der Waals surface area (Å²) in [5.74, 6) is 2.60. The Balaban J connectivity index is 1.32. The van der Waals surface area contributed by atoms with Crippen molar-refractivity contribution in [2.24, 2.45) is 0 Å². The summed E-state index contributed by atoms with van der Waals surface area (Å²) in [5, 5.41) is 8.36. The number of benzene rings is 1. The average Bonchev–Trinajstić information content (AvgIpc) is 3.25. The van der Waals surface area contributed by atoms with Crippen LogP contribution in [0.25, 0.3) is 17.0 Å². The van der Waals surface area contributed by atoms with Crippen LogP contribution in [-0.2, 0) is 0 Å². The van der Waals surface area contributed by atoms with E-state index in [0.29, 0.717) is 12.1 Å². The third kappa shape index (κ3) is 5.00. The fourth-order valence-corrected chi connectivity index (χ4v) is 4.06. The van der Waals surface area contributed by atoms with Crippen LogP contribution in [0.15, 0.2) is 52.7 Å². The monoisotopic (exact) mass is 405 g/mol. The molecule has 0 radical (unpaired) electrons. The molecule has 1 aromatic carbocycles. The molecule has 0 spiro atoms. The van der Waals surface area contributed by atoms with Gasteiger partial charge in [-0.1, -0.05) is 17.7 Å². The van der Waals surface area contributed by atoms with Gasteiger partial charge in [-0.15, -0.1) is 0 Å². The van der Waals surface area contributed by atoms with E-state index < -0.39 is 0 Å². The van der Waals surface area contributed by atoms with Gasteiger partial charge in [0.1, 0.15) is 11.6 Å². The predicted molar refractivity (Wildman–Crippen MR) is 124 cm³/mol. The van der Waals surface area contributed by atoms with Crippen molar-refractivity contribution < 1.29 is 4.42 Å². The first kappa shape index (κ1) is 20.4. The summed E-state index contributed by atoms with van der Waals surface area (Å²) in [6.45, 7) is 3.03. The van der Waals surface area contributed by atoms with Crippen molar-refractivity contribution in [3.63, 3.8) is 0 Å². The lowest BCUT2D eigenvalue weighted by molar-refractivity contribution is 0.361. The molecule has 0 saturated heterocycles. The molecule has 2 aromatic heterocycles. The van der Waals surface area contributed by atoms with Crippen LogP contribution >= 0.6 is 0 Å². The topological polar surface area (TPSA) is 66.2 Å². The molecule has 2 N–H and O–H groups in total. The number of nitrogens with zero attached hydrogens (tertiary/aromatic N) is 3. The number of hydrogen-bond donors (Lipinski definition) is 2. The summed E-state index contributed by atoms with van der Waals surface area (Å²) >= 11 is 0. The van der Waals surface area contributed by atoms with Crippen molar-refractivity contribution in [2.75, 3.05) is 30.9 Å². The molecule has 4 rings (SSSR count). The molecule has 1 fully saturated rings. The Bertz CT molecular complexity index is 988. The number of nitrogens with one attached hydrogen (secondary N) is 2. The summed E-state index contributed by atoms with van der Waals surface area (Å²) in [4.78, 5) is 11.6. The van der Waals surface area contributed by atoms with E-state index in [1.165, 1.54) is 5.57 Å². The van der Waals surface area contributed by atoms with E-state index >= 15 is 0 Å². The summed E-state index contributed by atoms with van der Waals surface area (Å²) in [5.41, 5.74) is 2.26. The highest BCUT2D eigenvalue weighted by Gasteiger charge is 2.22. The van der Waals surface area contributed by atoms with Gasteiger partial charge in [0.05, 0.1) is 11.8 Å². The lowest BCUT2D eigenvalue weighted by atomic mass is 9.91. The minimum absolute atomic E-state index is 0.416. The molecule has 0 aliphatic heterocycles. The van der Waals surface area contributed by atoms with Crippen LogP contribution in [0.4, 0.5) is 11.8 Å². The van der Waals surface area contributed by atoms with Crippen molar-refractivity contribution in [1.82, 2.24) is 15.3 Å². The van der Waals surface area contributed by atoms with Crippen molar-refractivity contribution in [1.29, 1.82) is 0 Å². The second-order valence-electron chi connectivity index (χ2n) is 8.36. The standard InChI is InChI=1S/C24H31N5O/c1-17(15-20-7-6-14-30-20)16-25-18-10-12-19(13-11-18)26-24-27-22-9-5-4-8-21(22)23(28-24)29(2)3/h4-9,14-15,18-19,25H,10-13,16H2,1-3H3,(H,26,27,28)/b17-15+/t18-,19+. The van der Waals surface area contributed by atoms with Crippen LogP contribution < -0.4 is 15.5 Å². The molecule has 0 amide bonds. The van der Waals surface area contributed by atoms with E-state index in [2.05, 4.69) is 40.7 Å². The molecule has 1 aliphatic rings. The van der Waals surface area contributed by atoms with Gasteiger partial charge in [-0.05, 0) is 62.9 Å². The van der Waals surface area contributed by atoms with Gasteiger partial charge in [-0.2, -0.15) is 4.98 Å². The smallest absolute Gasteiger partial charge is 0.225 e. The van der Waals surface area contributed by atoms with Gasteiger partial charge in [0.2, 0.25) is 5.95 Å². The summed E-state index contributed by atoms with van der Waals surface area (Å²) in [7, 11) is 4.05. The largest absolute Gasteiger partial charge is 0.465 e. The van der Waals surface area contributed by atoms with Crippen LogP contribution in [0.2, 0.25) is 0 Å². The predicted octanol–water partition coefficient (Wildman–Crippen LogP) is 4.71. The average molecular weight is 406 g/mol. The van der Waals surface area contributed by atoms with Crippen LogP contribution in [0.3, 0.4) is 0 Å². The first-order valence-electron chi connectivity index (χ1n) is 10.7. The molecular weight excluding hydrogens is 374 g/mol. The maximum atomic E-state index is 5.39. The van der Waals surface area contributed by atoms with E-state index in [9.17, 15) is 0 Å². The highest BCUT2D eigenvalue weighted by Crippen LogP contribution is 2.26. The Morgan fingerprint density at radius 1 is 1.07 bits per heavy atom. The normalized spacial score (nSPS) is 19.8. The Morgan fingerprint density at radius 3 is 2.57 bits per heavy atom. The third-order valence-corrected chi connectivity index (χ3v) is 5.67. The highest BCUT2D eigenvalue weighted by atomic mass is 16.3. The van der Waals surface area contributed by atoms with Crippen LogP contribution in [-0.4, -0.2) is 42.7 Å². The van der Waals surface area contributed by atoms with Gasteiger partial charge in [-0.3, -0.25) is 0 Å². The first-order valence-corrected chi connectivity index (χ1v) is 10.7. The zero-order valence-electron chi connectivity index (χ0n) is 18.1. The van der Waals surface area contributed by atoms with Gasteiger partial charge in [0.15, 0.2) is 0 Å². The maximum Gasteiger partial charge on any atom is 0.225 e. The molecule has 1 aliphatic carbocycles. The lowest BCUT2D eigenvalue weighted by Crippen LogP contribution is -2.37. The minimum atomic E-state index is 0.416. The summed E-state index contributed by atoms with van der Waals surface area (Å²) in [6.07, 6.45) is 8.35. The first-order chi connectivity index (χ1) is 14.6. The Morgan fingerprint density at radius 2 is 1.83 bits per heavy atom. The van der Waals surface area contributed by atoms with Crippen LogP contribution in [0.1, 0.15) is 38.4 Å². The van der Waals surface area contributed by atoms with E-state index in [1.807, 2.05) is 38.4 Å². The van der Waals surface area contributed by atoms with Gasteiger partial charge in [-0.25, -0.2) is 4.98 Å². The SMILES string of the molecule is C/C(=C\c1ccco1)CN[C@H]1CC[C@@H](Nc2nc(N(C)C)c3ccccc3n2)CC1. The number of anilines is 2. The summed E-state index contributed by atoms with van der Waals surface area (Å²) in [6, 6.07) is 13.1. The summed E-state index contributed by atoms with van der Waals surface area (Å²) < 4.78 is 5.39. The number of para-hydroxylation sites is 1.